The van der Waals surface area contributed by atoms with Crippen molar-refractivity contribution in [3.8, 4) is 5.75 Å². The van der Waals surface area contributed by atoms with Gasteiger partial charge in [0.1, 0.15) is 11.0 Å². The summed E-state index contributed by atoms with van der Waals surface area (Å²) in [5.74, 6) is 0.0124. The van der Waals surface area contributed by atoms with Crippen LogP contribution < -0.4 is 15.4 Å². The first-order valence-electron chi connectivity index (χ1n) is 8.32. The van der Waals surface area contributed by atoms with Crippen LogP contribution in [0.25, 0.3) is 0 Å². The van der Waals surface area contributed by atoms with Gasteiger partial charge in [-0.2, -0.15) is 5.10 Å². The van der Waals surface area contributed by atoms with Crippen molar-refractivity contribution in [2.24, 2.45) is 10.2 Å². The number of thioether (sulfide) groups is 1. The van der Waals surface area contributed by atoms with Crippen LogP contribution in [0.3, 0.4) is 0 Å². The summed E-state index contributed by atoms with van der Waals surface area (Å²) in [5, 5.41) is 13.2. The monoisotopic (exact) mass is 460 g/mol. The smallest absolute Gasteiger partial charge is 0.240 e. The molecule has 0 unspecified atom stereocenters. The first-order chi connectivity index (χ1) is 13.5. The second-order valence-electron chi connectivity index (χ2n) is 5.75. The highest BCUT2D eigenvalue weighted by atomic mass is 79.9. The molecule has 28 heavy (non-hydrogen) atoms. The number of para-hydroxylation sites is 2. The summed E-state index contributed by atoms with van der Waals surface area (Å²) in [6.07, 6.45) is 1.61. The molecule has 1 aliphatic heterocycles. The van der Waals surface area contributed by atoms with E-state index in [4.69, 9.17) is 4.74 Å². The second kappa shape index (κ2) is 9.52. The van der Waals surface area contributed by atoms with Crippen LogP contribution in [0.5, 0.6) is 5.75 Å². The fraction of sp³-hybridized carbons (Fsp3) is 0.158. The molecular formula is C19H17BrN4O3S. The number of hydrogen-bond donors (Lipinski definition) is 2. The van der Waals surface area contributed by atoms with E-state index in [0.29, 0.717) is 16.6 Å². The van der Waals surface area contributed by atoms with Crippen molar-refractivity contribution in [2.75, 3.05) is 12.4 Å². The summed E-state index contributed by atoms with van der Waals surface area (Å²) in [6, 6.07) is 14.7. The molecule has 144 valence electrons. The number of rotatable bonds is 6. The fourth-order valence-corrected chi connectivity index (χ4v) is 3.59. The molecule has 1 atom stereocenters. The highest BCUT2D eigenvalue weighted by Gasteiger charge is 2.32. The molecule has 0 saturated carbocycles. The van der Waals surface area contributed by atoms with Gasteiger partial charge in [-0.3, -0.25) is 9.59 Å². The maximum Gasteiger partial charge on any atom is 0.240 e. The number of carbonyl (C=O) groups is 2. The highest BCUT2D eigenvalue weighted by molar-refractivity contribution is 9.10. The Morgan fingerprint density at radius 3 is 2.79 bits per heavy atom. The zero-order valence-electron chi connectivity index (χ0n) is 14.9. The third-order valence-corrected chi connectivity index (χ3v) is 5.35. The summed E-state index contributed by atoms with van der Waals surface area (Å²) in [5.41, 5.74) is 1.45. The summed E-state index contributed by atoms with van der Waals surface area (Å²) < 4.78 is 6.18. The largest absolute Gasteiger partial charge is 0.495 e. The van der Waals surface area contributed by atoms with Crippen molar-refractivity contribution >= 4 is 56.6 Å². The Morgan fingerprint density at radius 1 is 1.29 bits per heavy atom. The van der Waals surface area contributed by atoms with Gasteiger partial charge in [0.05, 0.1) is 19.0 Å². The Kier molecular flexibility index (Phi) is 6.83. The molecule has 9 heteroatoms. The SMILES string of the molecule is COc1ccccc1NC(=O)C[C@H]1SC(=N/N=C\c2ccc(Br)cc2)NC1=O. The van der Waals surface area contributed by atoms with Gasteiger partial charge in [-0.1, -0.05) is 52.0 Å². The predicted molar refractivity (Wildman–Crippen MR) is 115 cm³/mol. The van der Waals surface area contributed by atoms with Crippen LogP contribution in [-0.2, 0) is 9.59 Å². The second-order valence-corrected chi connectivity index (χ2v) is 7.86. The number of amidine groups is 1. The molecule has 0 spiro atoms. The third kappa shape index (κ3) is 5.43. The lowest BCUT2D eigenvalue weighted by atomic mass is 10.2. The molecule has 0 aromatic heterocycles. The number of nitrogens with zero attached hydrogens (tertiary/aromatic N) is 2. The number of hydrogen-bond acceptors (Lipinski definition) is 6. The topological polar surface area (TPSA) is 92.2 Å². The van der Waals surface area contributed by atoms with Crippen molar-refractivity contribution < 1.29 is 14.3 Å². The summed E-state index contributed by atoms with van der Waals surface area (Å²) in [4.78, 5) is 24.4. The Balaban J connectivity index is 1.56. The van der Waals surface area contributed by atoms with Gasteiger partial charge >= 0.3 is 0 Å². The van der Waals surface area contributed by atoms with Gasteiger partial charge < -0.3 is 15.4 Å². The van der Waals surface area contributed by atoms with Gasteiger partial charge in [0.15, 0.2) is 5.17 Å². The van der Waals surface area contributed by atoms with Crippen molar-refractivity contribution in [2.45, 2.75) is 11.7 Å². The van der Waals surface area contributed by atoms with Crippen molar-refractivity contribution in [3.05, 3.63) is 58.6 Å². The molecule has 1 aliphatic rings. The van der Waals surface area contributed by atoms with E-state index in [9.17, 15) is 9.59 Å². The molecule has 0 aliphatic carbocycles. The van der Waals surface area contributed by atoms with Crippen molar-refractivity contribution in [3.63, 3.8) is 0 Å². The lowest BCUT2D eigenvalue weighted by molar-refractivity contribution is -0.122. The quantitative estimate of drug-likeness (QED) is 0.510. The minimum absolute atomic E-state index is 0.0179. The van der Waals surface area contributed by atoms with E-state index in [-0.39, 0.29) is 18.2 Å². The Bertz CT molecular complexity index is 931. The molecule has 2 aromatic carbocycles. The zero-order valence-corrected chi connectivity index (χ0v) is 17.3. The Hall–Kier alpha value is -2.65. The number of benzene rings is 2. The lowest BCUT2D eigenvalue weighted by Crippen LogP contribution is -2.28. The summed E-state index contributed by atoms with van der Waals surface area (Å²) >= 11 is 4.55. The standard InChI is InChI=1S/C19H17BrN4O3S/c1-27-15-5-3-2-4-14(15)22-17(25)10-16-18(26)23-19(28-16)24-21-11-12-6-8-13(20)9-7-12/h2-9,11,16H,10H2,1H3,(H,22,25)(H,23,24,26)/b21-11-/t16-/m1/s1. The summed E-state index contributed by atoms with van der Waals surface area (Å²) in [6.45, 7) is 0. The minimum atomic E-state index is -0.559. The van der Waals surface area contributed by atoms with E-state index in [1.54, 1.807) is 24.4 Å². The first kappa shape index (κ1) is 20.1. The maximum atomic E-state index is 12.3. The number of nitrogens with one attached hydrogen (secondary N) is 2. The first-order valence-corrected chi connectivity index (χ1v) is 9.99. The third-order valence-electron chi connectivity index (χ3n) is 3.75. The molecule has 1 saturated heterocycles. The van der Waals surface area contributed by atoms with Gasteiger partial charge in [-0.25, -0.2) is 0 Å². The molecule has 0 radical (unpaired) electrons. The van der Waals surface area contributed by atoms with Crippen LogP contribution in [0.4, 0.5) is 5.69 Å². The number of ether oxygens (including phenoxy) is 1. The van der Waals surface area contributed by atoms with Gasteiger partial charge in [-0.05, 0) is 29.8 Å². The van der Waals surface area contributed by atoms with E-state index in [1.807, 2.05) is 30.3 Å². The maximum absolute atomic E-state index is 12.3. The van der Waals surface area contributed by atoms with Crippen LogP contribution in [0, 0.1) is 0 Å². The molecule has 2 aromatic rings. The van der Waals surface area contributed by atoms with Crippen LogP contribution in [0.2, 0.25) is 0 Å². The van der Waals surface area contributed by atoms with Gasteiger partial charge in [0.2, 0.25) is 11.8 Å². The highest BCUT2D eigenvalue weighted by Crippen LogP contribution is 2.26. The number of anilines is 1. The zero-order chi connectivity index (χ0) is 19.9. The van der Waals surface area contributed by atoms with Crippen LogP contribution >= 0.6 is 27.7 Å². The van der Waals surface area contributed by atoms with E-state index in [2.05, 4.69) is 36.8 Å². The van der Waals surface area contributed by atoms with E-state index < -0.39 is 5.25 Å². The van der Waals surface area contributed by atoms with Gasteiger partial charge in [0.25, 0.3) is 0 Å². The normalized spacial score (nSPS) is 17.7. The van der Waals surface area contributed by atoms with Gasteiger partial charge in [-0.15, -0.1) is 5.10 Å². The lowest BCUT2D eigenvalue weighted by Gasteiger charge is -2.10. The predicted octanol–water partition coefficient (Wildman–Crippen LogP) is 3.41. The van der Waals surface area contributed by atoms with Crippen molar-refractivity contribution in [1.82, 2.24) is 5.32 Å². The summed E-state index contributed by atoms with van der Waals surface area (Å²) in [7, 11) is 1.53. The molecule has 7 nitrogen and oxygen atoms in total. The van der Waals surface area contributed by atoms with E-state index in [0.717, 1.165) is 10.0 Å². The minimum Gasteiger partial charge on any atom is -0.495 e. The average Bonchev–Trinajstić information content (AvgIpc) is 3.03. The van der Waals surface area contributed by atoms with E-state index in [1.165, 1.54) is 18.9 Å². The Labute approximate surface area is 174 Å². The Morgan fingerprint density at radius 2 is 2.04 bits per heavy atom. The molecule has 0 bridgehead atoms. The average molecular weight is 461 g/mol. The van der Waals surface area contributed by atoms with E-state index >= 15 is 0 Å². The molecule has 1 fully saturated rings. The van der Waals surface area contributed by atoms with Crippen LogP contribution in [-0.4, -0.2) is 35.6 Å². The molecule has 3 rings (SSSR count). The molecule has 2 amide bonds. The van der Waals surface area contributed by atoms with Crippen LogP contribution in [0.1, 0.15) is 12.0 Å². The van der Waals surface area contributed by atoms with Crippen LogP contribution in [0.15, 0.2) is 63.2 Å². The van der Waals surface area contributed by atoms with Gasteiger partial charge in [0, 0.05) is 10.9 Å². The number of amides is 2. The molecule has 1 heterocycles. The molecule has 2 N–H and O–H groups in total. The van der Waals surface area contributed by atoms with Crippen molar-refractivity contribution in [1.29, 1.82) is 0 Å². The number of methoxy groups -OCH3 is 1. The fourth-order valence-electron chi connectivity index (χ4n) is 2.40. The number of carbonyl (C=O) groups excluding carboxylic acids is 2. The molecular weight excluding hydrogens is 444 g/mol. The number of halogens is 1.